The number of benzene rings is 1. The highest BCUT2D eigenvalue weighted by Gasteiger charge is 2.22. The van der Waals surface area contributed by atoms with E-state index in [2.05, 4.69) is 25.6 Å². The van der Waals surface area contributed by atoms with Gasteiger partial charge in [0.1, 0.15) is 10.0 Å². The molecule has 0 radical (unpaired) electrons. The van der Waals surface area contributed by atoms with Crippen LogP contribution in [0.3, 0.4) is 0 Å². The molecule has 0 unspecified atom stereocenters. The van der Waals surface area contributed by atoms with Crippen LogP contribution < -0.4 is 4.72 Å². The summed E-state index contributed by atoms with van der Waals surface area (Å²) < 4.78 is 27.1. The first kappa shape index (κ1) is 15.7. The molecule has 0 aliphatic rings. The number of carbonyl (C=O) groups is 1. The number of nitrogens with one attached hydrogen (secondary N) is 1. The van der Waals surface area contributed by atoms with Crippen molar-refractivity contribution in [1.82, 2.24) is 4.98 Å². The summed E-state index contributed by atoms with van der Waals surface area (Å²) in [6.07, 6.45) is 1.35. The van der Waals surface area contributed by atoms with Crippen LogP contribution in [0.15, 0.2) is 45.9 Å². The zero-order valence-corrected chi connectivity index (χ0v) is 13.4. The Morgan fingerprint density at radius 2 is 2.00 bits per heavy atom. The van der Waals surface area contributed by atoms with E-state index in [0.717, 1.165) is 0 Å². The number of carboxylic acids is 1. The summed E-state index contributed by atoms with van der Waals surface area (Å²) in [6, 6.07) is 6.99. The van der Waals surface area contributed by atoms with Gasteiger partial charge in [-0.3, -0.25) is 4.72 Å². The lowest BCUT2D eigenvalue weighted by Crippen LogP contribution is -2.16. The average Bonchev–Trinajstić information content (AvgIpc) is 2.41. The molecule has 0 amide bonds. The third kappa shape index (κ3) is 3.34. The Labute approximate surface area is 134 Å². The highest BCUT2D eigenvalue weighted by Crippen LogP contribution is 2.30. The van der Waals surface area contributed by atoms with E-state index in [0.29, 0.717) is 4.47 Å². The first-order chi connectivity index (χ1) is 9.83. The molecule has 0 spiro atoms. The maximum absolute atomic E-state index is 12.3. The molecule has 6 nitrogen and oxygen atoms in total. The van der Waals surface area contributed by atoms with Crippen molar-refractivity contribution in [3.63, 3.8) is 0 Å². The van der Waals surface area contributed by atoms with E-state index in [9.17, 15) is 13.2 Å². The quantitative estimate of drug-likeness (QED) is 0.781. The second-order valence-electron chi connectivity index (χ2n) is 3.87. The van der Waals surface area contributed by atoms with Gasteiger partial charge in [-0.05, 0) is 40.2 Å². The van der Waals surface area contributed by atoms with Gasteiger partial charge in [-0.2, -0.15) is 0 Å². The summed E-state index contributed by atoms with van der Waals surface area (Å²) in [5, 5.41) is 8.92. The molecule has 1 aromatic heterocycles. The number of sulfonamides is 1. The van der Waals surface area contributed by atoms with Gasteiger partial charge >= 0.3 is 5.97 Å². The molecule has 0 aliphatic heterocycles. The van der Waals surface area contributed by atoms with Gasteiger partial charge in [0.15, 0.2) is 0 Å². The summed E-state index contributed by atoms with van der Waals surface area (Å²) in [6.45, 7) is 0. The van der Waals surface area contributed by atoms with E-state index >= 15 is 0 Å². The van der Waals surface area contributed by atoms with Crippen LogP contribution in [-0.4, -0.2) is 24.5 Å². The molecule has 1 aromatic carbocycles. The number of hydrogen-bond acceptors (Lipinski definition) is 4. The van der Waals surface area contributed by atoms with Crippen LogP contribution in [0, 0.1) is 0 Å². The van der Waals surface area contributed by atoms with Crippen molar-refractivity contribution in [2.75, 3.05) is 4.72 Å². The van der Waals surface area contributed by atoms with Crippen LogP contribution in [0.4, 0.5) is 5.69 Å². The fourth-order valence-corrected chi connectivity index (χ4v) is 3.72. The summed E-state index contributed by atoms with van der Waals surface area (Å²) >= 11 is 8.88. The minimum Gasteiger partial charge on any atom is -0.478 e. The number of rotatable bonds is 4. The number of anilines is 1. The minimum atomic E-state index is -4.06. The standard InChI is InChI=1S/C12H8BrClN2O4S/c13-8-4-1-3-7(12(17)18)10(8)16-21(19,20)9-5-2-6-15-11(9)14/h1-6,16H,(H,17,18). The van der Waals surface area contributed by atoms with E-state index in [1.807, 2.05) is 0 Å². The normalized spacial score (nSPS) is 11.1. The maximum Gasteiger partial charge on any atom is 0.337 e. The van der Waals surface area contributed by atoms with Crippen molar-refractivity contribution in [2.24, 2.45) is 0 Å². The molecule has 2 aromatic rings. The van der Waals surface area contributed by atoms with Gasteiger partial charge in [0.05, 0.1) is 11.3 Å². The highest BCUT2D eigenvalue weighted by atomic mass is 79.9. The smallest absolute Gasteiger partial charge is 0.337 e. The molecule has 0 saturated heterocycles. The van der Waals surface area contributed by atoms with E-state index in [4.69, 9.17) is 16.7 Å². The molecular weight excluding hydrogens is 384 g/mol. The molecule has 0 aliphatic carbocycles. The van der Waals surface area contributed by atoms with Crippen molar-refractivity contribution >= 4 is 49.2 Å². The van der Waals surface area contributed by atoms with Crippen molar-refractivity contribution in [2.45, 2.75) is 4.90 Å². The molecule has 9 heteroatoms. The fraction of sp³-hybridized carbons (Fsp3) is 0. The van der Waals surface area contributed by atoms with Crippen molar-refractivity contribution in [3.05, 3.63) is 51.7 Å². The lowest BCUT2D eigenvalue weighted by molar-refractivity contribution is 0.0698. The van der Waals surface area contributed by atoms with Crippen LogP contribution in [0.2, 0.25) is 5.15 Å². The molecule has 0 fully saturated rings. The predicted molar refractivity (Wildman–Crippen MR) is 81.2 cm³/mol. The monoisotopic (exact) mass is 390 g/mol. The molecule has 0 bridgehead atoms. The van der Waals surface area contributed by atoms with Gasteiger partial charge in [-0.1, -0.05) is 17.7 Å². The third-order valence-electron chi connectivity index (χ3n) is 2.49. The molecular formula is C12H8BrClN2O4S. The number of carboxylic acid groups (broad SMARTS) is 1. The Hall–Kier alpha value is -1.64. The van der Waals surface area contributed by atoms with E-state index in [1.54, 1.807) is 0 Å². The maximum atomic E-state index is 12.3. The van der Waals surface area contributed by atoms with Gasteiger partial charge in [0.2, 0.25) is 0 Å². The Morgan fingerprint density at radius 1 is 1.29 bits per heavy atom. The SMILES string of the molecule is O=C(O)c1cccc(Br)c1NS(=O)(=O)c1cccnc1Cl. The topological polar surface area (TPSA) is 96.4 Å². The van der Waals surface area contributed by atoms with Crippen LogP contribution in [0.25, 0.3) is 0 Å². The Kier molecular flexibility index (Phi) is 4.50. The lowest BCUT2D eigenvalue weighted by atomic mass is 10.2. The van der Waals surface area contributed by atoms with E-state index < -0.39 is 16.0 Å². The van der Waals surface area contributed by atoms with E-state index in [1.165, 1.54) is 36.5 Å². The molecule has 110 valence electrons. The molecule has 0 atom stereocenters. The van der Waals surface area contributed by atoms with Gasteiger partial charge in [-0.25, -0.2) is 18.2 Å². The van der Waals surface area contributed by atoms with E-state index in [-0.39, 0.29) is 21.3 Å². The molecule has 2 rings (SSSR count). The molecule has 1 heterocycles. The predicted octanol–water partition coefficient (Wildman–Crippen LogP) is 3.00. The fourth-order valence-electron chi connectivity index (χ4n) is 1.57. The molecule has 21 heavy (non-hydrogen) atoms. The summed E-state index contributed by atoms with van der Waals surface area (Å²) in [5.41, 5.74) is -0.266. The number of halogens is 2. The van der Waals surface area contributed by atoms with Crippen LogP contribution in [0.1, 0.15) is 10.4 Å². The Bertz CT molecular complexity index is 811. The van der Waals surface area contributed by atoms with Crippen molar-refractivity contribution in [1.29, 1.82) is 0 Å². The number of aromatic nitrogens is 1. The number of hydrogen-bond donors (Lipinski definition) is 2. The summed E-state index contributed by atoms with van der Waals surface area (Å²) in [4.78, 5) is 14.6. The first-order valence-corrected chi connectivity index (χ1v) is 8.13. The van der Waals surface area contributed by atoms with Crippen molar-refractivity contribution in [3.8, 4) is 0 Å². The number of para-hydroxylation sites is 1. The lowest BCUT2D eigenvalue weighted by Gasteiger charge is -2.12. The largest absolute Gasteiger partial charge is 0.478 e. The number of aromatic carboxylic acids is 1. The zero-order valence-electron chi connectivity index (χ0n) is 10.2. The van der Waals surface area contributed by atoms with Crippen LogP contribution in [-0.2, 0) is 10.0 Å². The molecule has 2 N–H and O–H groups in total. The Morgan fingerprint density at radius 3 is 2.62 bits per heavy atom. The molecule has 0 saturated carbocycles. The van der Waals surface area contributed by atoms with Crippen LogP contribution >= 0.6 is 27.5 Å². The third-order valence-corrected chi connectivity index (χ3v) is 4.95. The second kappa shape index (κ2) is 6.00. The average molecular weight is 392 g/mol. The van der Waals surface area contributed by atoms with Crippen LogP contribution in [0.5, 0.6) is 0 Å². The van der Waals surface area contributed by atoms with Gasteiger partial charge in [-0.15, -0.1) is 0 Å². The highest BCUT2D eigenvalue weighted by molar-refractivity contribution is 9.10. The first-order valence-electron chi connectivity index (χ1n) is 5.48. The Balaban J connectivity index is 2.52. The van der Waals surface area contributed by atoms with Gasteiger partial charge in [0.25, 0.3) is 10.0 Å². The second-order valence-corrected chi connectivity index (χ2v) is 6.73. The van der Waals surface area contributed by atoms with Crippen molar-refractivity contribution < 1.29 is 18.3 Å². The number of pyridine rings is 1. The van der Waals surface area contributed by atoms with Gasteiger partial charge < -0.3 is 5.11 Å². The zero-order chi connectivity index (χ0) is 15.6. The van der Waals surface area contributed by atoms with Gasteiger partial charge in [0, 0.05) is 10.7 Å². The number of nitrogens with zero attached hydrogens (tertiary/aromatic N) is 1. The minimum absolute atomic E-state index is 0.0788. The summed E-state index contributed by atoms with van der Waals surface area (Å²) in [5.74, 6) is -1.26. The summed E-state index contributed by atoms with van der Waals surface area (Å²) in [7, 11) is -4.06.